The lowest BCUT2D eigenvalue weighted by atomic mass is 9.78. The maximum Gasteiger partial charge on any atom is 0.322 e. The van der Waals surface area contributed by atoms with Gasteiger partial charge in [0.1, 0.15) is 0 Å². The molecule has 4 N–H and O–H groups in total. The molecule has 0 saturated heterocycles. The van der Waals surface area contributed by atoms with Crippen LogP contribution in [0.1, 0.15) is 25.0 Å². The highest BCUT2D eigenvalue weighted by Gasteiger charge is 2.24. The van der Waals surface area contributed by atoms with Gasteiger partial charge in [-0.25, -0.2) is 9.59 Å². The SMILES string of the molecule is C=COCN(C(N)=O)c1ccc(C(C)(C)c2ccc(NC(=O)NCC(=O)C=C)cc2)cc1. The van der Waals surface area contributed by atoms with Crippen LogP contribution in [-0.2, 0) is 14.9 Å². The van der Waals surface area contributed by atoms with Crippen molar-refractivity contribution in [3.8, 4) is 0 Å². The average Bonchev–Trinajstić information content (AvgIpc) is 2.78. The van der Waals surface area contributed by atoms with E-state index in [9.17, 15) is 14.4 Å². The molecule has 0 aliphatic carbocycles. The number of hydrogen-bond donors (Lipinski definition) is 3. The minimum absolute atomic E-state index is 0.0225. The van der Waals surface area contributed by atoms with Crippen molar-refractivity contribution in [3.05, 3.63) is 85.2 Å². The molecule has 8 nitrogen and oxygen atoms in total. The van der Waals surface area contributed by atoms with E-state index < -0.39 is 12.1 Å². The molecule has 0 aliphatic rings. The first kappa shape index (κ1) is 24.2. The number of hydrogen-bond acceptors (Lipinski definition) is 4. The summed E-state index contributed by atoms with van der Waals surface area (Å²) in [4.78, 5) is 36.1. The van der Waals surface area contributed by atoms with E-state index in [1.54, 1.807) is 24.3 Å². The highest BCUT2D eigenvalue weighted by Crippen LogP contribution is 2.33. The molecule has 32 heavy (non-hydrogen) atoms. The molecule has 0 aliphatic heterocycles. The second kappa shape index (κ2) is 10.8. The summed E-state index contributed by atoms with van der Waals surface area (Å²) in [5.74, 6) is -0.268. The van der Waals surface area contributed by atoms with Crippen LogP contribution in [-0.4, -0.2) is 31.1 Å². The number of ketones is 1. The molecular formula is C24H28N4O4. The smallest absolute Gasteiger partial charge is 0.322 e. The van der Waals surface area contributed by atoms with Gasteiger partial charge in [-0.15, -0.1) is 0 Å². The Morgan fingerprint density at radius 2 is 1.59 bits per heavy atom. The lowest BCUT2D eigenvalue weighted by Gasteiger charge is -2.27. The molecule has 2 rings (SSSR count). The first-order chi connectivity index (χ1) is 15.2. The van der Waals surface area contributed by atoms with Crippen molar-refractivity contribution in [2.24, 2.45) is 5.73 Å². The Hall–Kier alpha value is -4.07. The molecule has 2 aromatic carbocycles. The number of amides is 4. The Morgan fingerprint density at radius 3 is 2.09 bits per heavy atom. The summed E-state index contributed by atoms with van der Waals surface area (Å²) < 4.78 is 5.08. The van der Waals surface area contributed by atoms with E-state index in [2.05, 4.69) is 37.6 Å². The van der Waals surface area contributed by atoms with Crippen molar-refractivity contribution in [1.29, 1.82) is 0 Å². The van der Waals surface area contributed by atoms with E-state index in [0.717, 1.165) is 17.2 Å². The molecule has 0 heterocycles. The summed E-state index contributed by atoms with van der Waals surface area (Å²) in [5, 5.41) is 5.15. The molecule has 4 amide bonds. The fourth-order valence-corrected chi connectivity index (χ4v) is 3.00. The van der Waals surface area contributed by atoms with Gasteiger partial charge in [0.2, 0.25) is 0 Å². The van der Waals surface area contributed by atoms with Crippen molar-refractivity contribution < 1.29 is 19.1 Å². The predicted molar refractivity (Wildman–Crippen MR) is 125 cm³/mol. The number of benzene rings is 2. The molecule has 0 unspecified atom stereocenters. The zero-order valence-electron chi connectivity index (χ0n) is 18.3. The first-order valence-electron chi connectivity index (χ1n) is 9.89. The van der Waals surface area contributed by atoms with Crippen molar-refractivity contribution in [3.63, 3.8) is 0 Å². The minimum atomic E-state index is -0.625. The molecule has 0 radical (unpaired) electrons. The lowest BCUT2D eigenvalue weighted by molar-refractivity contribution is -0.113. The summed E-state index contributed by atoms with van der Waals surface area (Å²) in [6.07, 6.45) is 2.40. The number of ether oxygens (including phenoxy) is 1. The van der Waals surface area contributed by atoms with E-state index in [4.69, 9.17) is 10.5 Å². The van der Waals surface area contributed by atoms with Gasteiger partial charge in [0.15, 0.2) is 12.5 Å². The van der Waals surface area contributed by atoms with Crippen LogP contribution in [0.5, 0.6) is 0 Å². The number of nitrogens with two attached hydrogens (primary N) is 1. The van der Waals surface area contributed by atoms with Gasteiger partial charge >= 0.3 is 12.1 Å². The Labute approximate surface area is 187 Å². The van der Waals surface area contributed by atoms with Crippen molar-refractivity contribution in [1.82, 2.24) is 5.32 Å². The second-order valence-corrected chi connectivity index (χ2v) is 7.46. The van der Waals surface area contributed by atoms with Crippen LogP contribution < -0.4 is 21.3 Å². The third-order valence-corrected chi connectivity index (χ3v) is 5.00. The van der Waals surface area contributed by atoms with Crippen LogP contribution >= 0.6 is 0 Å². The Morgan fingerprint density at radius 1 is 1.03 bits per heavy atom. The maximum absolute atomic E-state index is 11.9. The van der Waals surface area contributed by atoms with E-state index in [1.807, 2.05) is 24.3 Å². The standard InChI is InChI=1S/C24H28N4O4/c1-5-21(29)15-26-23(31)27-19-11-7-17(8-12-19)24(3,4)18-9-13-20(14-10-18)28(22(25)30)16-32-6-2/h5-14H,1-2,15-16H2,3-4H3,(H2,25,30)(H2,26,27,31). The number of carbonyl (C=O) groups is 3. The van der Waals surface area contributed by atoms with Crippen molar-refractivity contribution in [2.45, 2.75) is 19.3 Å². The summed E-state index contributed by atoms with van der Waals surface area (Å²) >= 11 is 0. The highest BCUT2D eigenvalue weighted by molar-refractivity contribution is 5.96. The van der Waals surface area contributed by atoms with Gasteiger partial charge in [0, 0.05) is 16.8 Å². The number of carbonyl (C=O) groups excluding carboxylic acids is 3. The minimum Gasteiger partial charge on any atom is -0.481 e. The number of nitrogens with zero attached hydrogens (tertiary/aromatic N) is 1. The van der Waals surface area contributed by atoms with Crippen molar-refractivity contribution >= 4 is 29.2 Å². The number of urea groups is 2. The number of anilines is 2. The van der Waals surface area contributed by atoms with Crippen LogP contribution in [0.3, 0.4) is 0 Å². The molecule has 8 heteroatoms. The van der Waals surface area contributed by atoms with E-state index in [1.165, 1.54) is 11.2 Å². The number of primary amides is 1. The highest BCUT2D eigenvalue weighted by atomic mass is 16.5. The van der Waals surface area contributed by atoms with Gasteiger partial charge < -0.3 is 21.1 Å². The molecule has 2 aromatic rings. The molecular weight excluding hydrogens is 408 g/mol. The first-order valence-corrected chi connectivity index (χ1v) is 9.89. The van der Waals surface area contributed by atoms with E-state index in [0.29, 0.717) is 11.4 Å². The van der Waals surface area contributed by atoms with Crippen molar-refractivity contribution in [2.75, 3.05) is 23.5 Å². The molecule has 0 atom stereocenters. The topological polar surface area (TPSA) is 114 Å². The Bertz CT molecular complexity index is 982. The van der Waals surface area contributed by atoms with Gasteiger partial charge in [0.05, 0.1) is 12.8 Å². The van der Waals surface area contributed by atoms with Gasteiger partial charge in [0.25, 0.3) is 0 Å². The fourth-order valence-electron chi connectivity index (χ4n) is 3.00. The molecule has 0 saturated carbocycles. The van der Waals surface area contributed by atoms with E-state index in [-0.39, 0.29) is 24.5 Å². The maximum atomic E-state index is 11.9. The normalized spacial score (nSPS) is 10.6. The molecule has 168 valence electrons. The monoisotopic (exact) mass is 436 g/mol. The molecule has 0 bridgehead atoms. The molecule has 0 fully saturated rings. The van der Waals surface area contributed by atoms with Crippen LogP contribution in [0.2, 0.25) is 0 Å². The molecule has 0 spiro atoms. The number of rotatable bonds is 10. The van der Waals surface area contributed by atoms with E-state index >= 15 is 0 Å². The fraction of sp³-hybridized carbons (Fsp3) is 0.208. The second-order valence-electron chi connectivity index (χ2n) is 7.46. The van der Waals surface area contributed by atoms with Crippen LogP contribution in [0.4, 0.5) is 21.0 Å². The van der Waals surface area contributed by atoms with Crippen LogP contribution in [0, 0.1) is 0 Å². The van der Waals surface area contributed by atoms with Crippen LogP contribution in [0.25, 0.3) is 0 Å². The Kier molecular flexibility index (Phi) is 8.17. The third-order valence-electron chi connectivity index (χ3n) is 5.00. The quantitative estimate of drug-likeness (QED) is 0.298. The Balaban J connectivity index is 2.11. The zero-order chi connectivity index (χ0) is 23.7. The summed E-state index contributed by atoms with van der Waals surface area (Å²) in [6.45, 7) is 10.8. The third kappa shape index (κ3) is 6.21. The summed E-state index contributed by atoms with van der Waals surface area (Å²) in [5.41, 5.74) is 8.35. The summed E-state index contributed by atoms with van der Waals surface area (Å²) in [7, 11) is 0. The zero-order valence-corrected chi connectivity index (χ0v) is 18.3. The molecule has 0 aromatic heterocycles. The average molecular weight is 437 g/mol. The van der Waals surface area contributed by atoms with Gasteiger partial charge in [-0.1, -0.05) is 51.3 Å². The van der Waals surface area contributed by atoms with Gasteiger partial charge in [-0.2, -0.15) is 0 Å². The number of nitrogens with one attached hydrogen (secondary N) is 2. The van der Waals surface area contributed by atoms with Gasteiger partial charge in [-0.3, -0.25) is 9.69 Å². The van der Waals surface area contributed by atoms with Gasteiger partial charge in [-0.05, 0) is 41.5 Å². The van der Waals surface area contributed by atoms with Crippen LogP contribution in [0.15, 0.2) is 74.0 Å². The predicted octanol–water partition coefficient (Wildman–Crippen LogP) is 3.89. The largest absolute Gasteiger partial charge is 0.481 e. The summed E-state index contributed by atoms with van der Waals surface area (Å²) in [6, 6.07) is 13.8. The lowest BCUT2D eigenvalue weighted by Crippen LogP contribution is -2.37.